The molecule has 0 bridgehead atoms. The molecule has 1 aromatic heterocycles. The molecular formula is C18H13N3O7. The van der Waals surface area contributed by atoms with Gasteiger partial charge in [0.05, 0.1) is 10.5 Å². The zero-order chi connectivity index (χ0) is 19.7. The van der Waals surface area contributed by atoms with Crippen molar-refractivity contribution < 1.29 is 28.3 Å². The summed E-state index contributed by atoms with van der Waals surface area (Å²) in [6.07, 6.45) is -0.794. The summed E-state index contributed by atoms with van der Waals surface area (Å²) in [6.45, 7) is 1.70. The molecule has 2 aromatic carbocycles. The van der Waals surface area contributed by atoms with Crippen LogP contribution in [0.15, 0.2) is 46.9 Å². The van der Waals surface area contributed by atoms with Crippen molar-refractivity contribution in [1.82, 2.24) is 10.2 Å². The minimum absolute atomic E-state index is 0.0467. The number of benzene rings is 2. The van der Waals surface area contributed by atoms with Gasteiger partial charge in [-0.15, -0.1) is 10.2 Å². The van der Waals surface area contributed by atoms with Crippen molar-refractivity contribution in [2.45, 2.75) is 13.0 Å². The van der Waals surface area contributed by atoms with Crippen molar-refractivity contribution in [3.05, 3.63) is 64.0 Å². The molecule has 0 unspecified atom stereocenters. The average molecular weight is 383 g/mol. The first-order valence-electron chi connectivity index (χ1n) is 8.20. The summed E-state index contributed by atoms with van der Waals surface area (Å²) in [5, 5.41) is 18.5. The SMILES string of the molecule is C[C@@H](OC(=O)c1ccc2c(c1)OCO2)c1nnc(-c2ccc([N+](=O)[O-])cc2)o1. The van der Waals surface area contributed by atoms with E-state index >= 15 is 0 Å². The fraction of sp³-hybridized carbons (Fsp3) is 0.167. The van der Waals surface area contributed by atoms with E-state index in [1.165, 1.54) is 30.3 Å². The molecule has 1 aliphatic heterocycles. The summed E-state index contributed by atoms with van der Waals surface area (Å²) in [6, 6.07) is 10.4. The van der Waals surface area contributed by atoms with Crippen molar-refractivity contribution in [3.63, 3.8) is 0 Å². The van der Waals surface area contributed by atoms with Crippen molar-refractivity contribution in [2.75, 3.05) is 6.79 Å². The van der Waals surface area contributed by atoms with Crippen LogP contribution in [0.3, 0.4) is 0 Å². The normalized spacial score (nSPS) is 13.2. The van der Waals surface area contributed by atoms with Crippen LogP contribution in [0.25, 0.3) is 11.5 Å². The molecule has 0 aliphatic carbocycles. The quantitative estimate of drug-likeness (QED) is 0.370. The summed E-state index contributed by atoms with van der Waals surface area (Å²) in [7, 11) is 0. The second kappa shape index (κ2) is 6.99. The van der Waals surface area contributed by atoms with Crippen LogP contribution in [0.2, 0.25) is 0 Å². The third-order valence-corrected chi connectivity index (χ3v) is 4.01. The number of non-ortho nitro benzene ring substituents is 1. The number of hydrogen-bond acceptors (Lipinski definition) is 9. The number of aromatic nitrogens is 2. The largest absolute Gasteiger partial charge is 0.454 e. The first kappa shape index (κ1) is 17.5. The van der Waals surface area contributed by atoms with Gasteiger partial charge < -0.3 is 18.6 Å². The molecular weight excluding hydrogens is 370 g/mol. The molecule has 1 aliphatic rings. The number of carbonyl (C=O) groups is 1. The van der Waals surface area contributed by atoms with E-state index in [4.69, 9.17) is 18.6 Å². The second-order valence-corrected chi connectivity index (χ2v) is 5.87. The summed E-state index contributed by atoms with van der Waals surface area (Å²) in [4.78, 5) is 22.5. The van der Waals surface area contributed by atoms with E-state index in [1.54, 1.807) is 19.1 Å². The van der Waals surface area contributed by atoms with Crippen LogP contribution in [-0.2, 0) is 4.74 Å². The Hall–Kier alpha value is -3.95. The van der Waals surface area contributed by atoms with Gasteiger partial charge in [-0.2, -0.15) is 0 Å². The molecule has 2 heterocycles. The number of fused-ring (bicyclic) bond motifs is 1. The molecule has 4 rings (SSSR count). The Morgan fingerprint density at radius 1 is 1.14 bits per heavy atom. The highest BCUT2D eigenvalue weighted by Gasteiger charge is 2.22. The van der Waals surface area contributed by atoms with E-state index in [0.29, 0.717) is 22.6 Å². The molecule has 0 fully saturated rings. The van der Waals surface area contributed by atoms with E-state index in [0.717, 1.165) is 0 Å². The molecule has 0 saturated heterocycles. The molecule has 0 N–H and O–H groups in total. The molecule has 10 heteroatoms. The van der Waals surface area contributed by atoms with E-state index in [2.05, 4.69) is 10.2 Å². The van der Waals surface area contributed by atoms with Gasteiger partial charge in [-0.05, 0) is 37.3 Å². The second-order valence-electron chi connectivity index (χ2n) is 5.87. The van der Waals surface area contributed by atoms with Gasteiger partial charge in [-0.1, -0.05) is 0 Å². The Bertz CT molecular complexity index is 1050. The van der Waals surface area contributed by atoms with Gasteiger partial charge in [0.15, 0.2) is 17.6 Å². The smallest absolute Gasteiger partial charge is 0.339 e. The van der Waals surface area contributed by atoms with Gasteiger partial charge in [0.1, 0.15) is 0 Å². The maximum Gasteiger partial charge on any atom is 0.339 e. The van der Waals surface area contributed by atoms with E-state index in [1.807, 2.05) is 0 Å². The van der Waals surface area contributed by atoms with Crippen molar-refractivity contribution >= 4 is 11.7 Å². The average Bonchev–Trinajstić information content (AvgIpc) is 3.37. The Kier molecular flexibility index (Phi) is 4.36. The van der Waals surface area contributed by atoms with Crippen molar-refractivity contribution in [3.8, 4) is 23.0 Å². The topological polar surface area (TPSA) is 127 Å². The van der Waals surface area contributed by atoms with Crippen LogP contribution < -0.4 is 9.47 Å². The van der Waals surface area contributed by atoms with Gasteiger partial charge in [-0.3, -0.25) is 10.1 Å². The lowest BCUT2D eigenvalue weighted by Crippen LogP contribution is -2.09. The van der Waals surface area contributed by atoms with Crippen LogP contribution in [0.4, 0.5) is 5.69 Å². The van der Waals surface area contributed by atoms with Crippen LogP contribution in [0.5, 0.6) is 11.5 Å². The highest BCUT2D eigenvalue weighted by Crippen LogP contribution is 2.33. The minimum Gasteiger partial charge on any atom is -0.454 e. The van der Waals surface area contributed by atoms with Crippen LogP contribution >= 0.6 is 0 Å². The summed E-state index contributed by atoms with van der Waals surface area (Å²) < 4.78 is 21.3. The minimum atomic E-state index is -0.794. The van der Waals surface area contributed by atoms with Gasteiger partial charge >= 0.3 is 5.97 Å². The molecule has 0 saturated carbocycles. The maximum atomic E-state index is 12.3. The number of carbonyl (C=O) groups excluding carboxylic acids is 1. The number of hydrogen-bond donors (Lipinski definition) is 0. The monoisotopic (exact) mass is 383 g/mol. The molecule has 10 nitrogen and oxygen atoms in total. The van der Waals surface area contributed by atoms with Crippen LogP contribution in [0.1, 0.15) is 29.3 Å². The van der Waals surface area contributed by atoms with E-state index < -0.39 is 17.0 Å². The van der Waals surface area contributed by atoms with Gasteiger partial charge in [-0.25, -0.2) is 4.79 Å². The third-order valence-electron chi connectivity index (χ3n) is 4.01. The van der Waals surface area contributed by atoms with E-state index in [-0.39, 0.29) is 24.3 Å². The predicted octanol–water partition coefficient (Wildman–Crippen LogP) is 3.29. The fourth-order valence-corrected chi connectivity index (χ4v) is 2.54. The predicted molar refractivity (Wildman–Crippen MR) is 92.8 cm³/mol. The number of nitrogens with zero attached hydrogens (tertiary/aromatic N) is 3. The van der Waals surface area contributed by atoms with E-state index in [9.17, 15) is 14.9 Å². The van der Waals surface area contributed by atoms with Crippen LogP contribution in [0, 0.1) is 10.1 Å². The van der Waals surface area contributed by atoms with Crippen LogP contribution in [-0.4, -0.2) is 27.9 Å². The number of nitro benzene ring substituents is 1. The van der Waals surface area contributed by atoms with Gasteiger partial charge in [0.2, 0.25) is 12.7 Å². The maximum absolute atomic E-state index is 12.3. The lowest BCUT2D eigenvalue weighted by atomic mass is 10.2. The fourth-order valence-electron chi connectivity index (χ4n) is 2.54. The highest BCUT2D eigenvalue weighted by molar-refractivity contribution is 5.90. The standard InChI is InChI=1S/C18H13N3O7/c1-10(27-18(22)12-4-7-14-15(8-12)26-9-25-14)16-19-20-17(28-16)11-2-5-13(6-3-11)21(23)24/h2-8,10H,9H2,1H3/t10-/m1/s1. The Morgan fingerprint density at radius 3 is 2.64 bits per heavy atom. The molecule has 1 atom stereocenters. The Morgan fingerprint density at radius 2 is 1.89 bits per heavy atom. The summed E-state index contributed by atoms with van der Waals surface area (Å²) in [5.74, 6) is 0.716. The first-order chi connectivity index (χ1) is 13.5. The molecule has 0 amide bonds. The Labute approximate surface area is 157 Å². The Balaban J connectivity index is 1.46. The van der Waals surface area contributed by atoms with Crippen molar-refractivity contribution in [1.29, 1.82) is 0 Å². The lowest BCUT2D eigenvalue weighted by Gasteiger charge is -2.09. The first-order valence-corrected chi connectivity index (χ1v) is 8.20. The summed E-state index contributed by atoms with van der Waals surface area (Å²) in [5.41, 5.74) is 0.763. The molecule has 0 spiro atoms. The van der Waals surface area contributed by atoms with Gasteiger partial charge in [0, 0.05) is 17.7 Å². The number of nitro groups is 1. The highest BCUT2D eigenvalue weighted by atomic mass is 16.7. The summed E-state index contributed by atoms with van der Waals surface area (Å²) >= 11 is 0. The number of rotatable bonds is 5. The zero-order valence-electron chi connectivity index (χ0n) is 14.5. The number of ether oxygens (including phenoxy) is 3. The van der Waals surface area contributed by atoms with Crippen molar-refractivity contribution in [2.24, 2.45) is 0 Å². The van der Waals surface area contributed by atoms with Gasteiger partial charge in [0.25, 0.3) is 11.6 Å². The third kappa shape index (κ3) is 3.34. The zero-order valence-corrected chi connectivity index (χ0v) is 14.5. The molecule has 3 aromatic rings. The number of esters is 1. The molecule has 0 radical (unpaired) electrons. The molecule has 142 valence electrons. The molecule has 28 heavy (non-hydrogen) atoms. The lowest BCUT2D eigenvalue weighted by molar-refractivity contribution is -0.384.